The first kappa shape index (κ1) is 27.9. The Morgan fingerprint density at radius 2 is 2.02 bits per heavy atom. The zero-order chi connectivity index (χ0) is 29.6. The second-order valence-electron chi connectivity index (χ2n) is 11.6. The van der Waals surface area contributed by atoms with Crippen molar-refractivity contribution in [2.75, 3.05) is 43.6 Å². The lowest BCUT2D eigenvalue weighted by Gasteiger charge is -2.42. The van der Waals surface area contributed by atoms with Gasteiger partial charge in [0.15, 0.2) is 0 Å². The van der Waals surface area contributed by atoms with E-state index in [1.54, 1.807) is 29.2 Å². The molecule has 220 valence electrons. The number of ether oxygens (including phenoxy) is 2. The molecule has 2 fully saturated rings. The molecule has 5 heterocycles. The summed E-state index contributed by atoms with van der Waals surface area (Å²) in [6.07, 6.45) is 4.66. The zero-order valence-corrected chi connectivity index (χ0v) is 24.1. The molecule has 1 amide bonds. The number of imidazole rings is 1. The monoisotopic (exact) mass is 574 g/mol. The molecule has 0 saturated carbocycles. The number of carbonyl (C=O) groups is 1. The van der Waals surface area contributed by atoms with Crippen LogP contribution in [0.25, 0.3) is 16.8 Å². The lowest BCUT2D eigenvalue weighted by atomic mass is 9.79. The number of carbonyl (C=O) groups excluding carboxylic acids is 1. The number of nitrogens with zero attached hydrogens (tertiary/aromatic N) is 5. The summed E-state index contributed by atoms with van der Waals surface area (Å²) in [5.74, 6) is 0.216. The Hall–Kier alpha value is -4.29. The molecule has 2 aliphatic heterocycles. The minimum atomic E-state index is -0.492. The number of anilines is 3. The molecule has 0 bridgehead atoms. The van der Waals surface area contributed by atoms with E-state index in [1.807, 2.05) is 38.1 Å². The Kier molecular flexibility index (Phi) is 7.19. The van der Waals surface area contributed by atoms with Gasteiger partial charge in [0.2, 0.25) is 5.95 Å². The van der Waals surface area contributed by atoms with E-state index in [0.717, 1.165) is 28.0 Å². The van der Waals surface area contributed by atoms with Crippen molar-refractivity contribution in [3.8, 4) is 11.3 Å². The largest absolute Gasteiger partial charge is 0.453 e. The van der Waals surface area contributed by atoms with Gasteiger partial charge in [-0.15, -0.1) is 0 Å². The van der Waals surface area contributed by atoms with Crippen molar-refractivity contribution in [1.29, 1.82) is 0 Å². The van der Waals surface area contributed by atoms with Crippen molar-refractivity contribution in [2.24, 2.45) is 11.7 Å². The number of rotatable bonds is 6. The molecular formula is C30H35FN8O3. The molecule has 42 heavy (non-hydrogen) atoms. The molecular weight excluding hydrogens is 539 g/mol. The van der Waals surface area contributed by atoms with Crippen LogP contribution in [0.2, 0.25) is 0 Å². The fraction of sp³-hybridized carbons (Fsp3) is 0.400. The topological polar surface area (TPSA) is 132 Å². The van der Waals surface area contributed by atoms with Crippen molar-refractivity contribution < 1.29 is 18.7 Å². The van der Waals surface area contributed by atoms with Crippen LogP contribution < -0.4 is 21.3 Å². The van der Waals surface area contributed by atoms with Gasteiger partial charge in [-0.05, 0) is 48.2 Å². The summed E-state index contributed by atoms with van der Waals surface area (Å²) < 4.78 is 27.3. The van der Waals surface area contributed by atoms with Crippen LogP contribution >= 0.6 is 0 Å². The molecule has 11 nitrogen and oxygen atoms in total. The van der Waals surface area contributed by atoms with Crippen LogP contribution in [0.3, 0.4) is 0 Å². The van der Waals surface area contributed by atoms with E-state index in [4.69, 9.17) is 20.3 Å². The van der Waals surface area contributed by atoms with Gasteiger partial charge in [0.05, 0.1) is 61.3 Å². The maximum absolute atomic E-state index is 15.5. The number of amides is 1. The molecule has 3 aromatic heterocycles. The van der Waals surface area contributed by atoms with Gasteiger partial charge >= 0.3 is 6.09 Å². The summed E-state index contributed by atoms with van der Waals surface area (Å²) in [4.78, 5) is 22.9. The molecule has 0 radical (unpaired) electrons. The van der Waals surface area contributed by atoms with Gasteiger partial charge in [0, 0.05) is 36.3 Å². The molecule has 2 aliphatic rings. The predicted molar refractivity (Wildman–Crippen MR) is 157 cm³/mol. The zero-order valence-electron chi connectivity index (χ0n) is 24.1. The number of hydrogen-bond acceptors (Lipinski definition) is 9. The summed E-state index contributed by atoms with van der Waals surface area (Å²) in [5.41, 5.74) is 11.4. The Morgan fingerprint density at radius 3 is 2.71 bits per heavy atom. The fourth-order valence-electron chi connectivity index (χ4n) is 5.94. The van der Waals surface area contributed by atoms with Gasteiger partial charge in [-0.2, -0.15) is 9.61 Å². The number of nitrogens with one attached hydrogen (secondary N) is 2. The number of nitrogens with two attached hydrogens (primary N) is 1. The highest BCUT2D eigenvalue weighted by molar-refractivity contribution is 5.74. The van der Waals surface area contributed by atoms with E-state index in [0.29, 0.717) is 43.5 Å². The lowest BCUT2D eigenvalue weighted by molar-refractivity contribution is -0.0501. The fourth-order valence-corrected chi connectivity index (χ4v) is 5.94. The second kappa shape index (κ2) is 10.8. The van der Waals surface area contributed by atoms with Crippen molar-refractivity contribution in [1.82, 2.24) is 24.9 Å². The number of alkyl carbamates (subject to hydrolysis) is 1. The normalized spacial score (nSPS) is 21.6. The van der Waals surface area contributed by atoms with E-state index >= 15 is 4.39 Å². The van der Waals surface area contributed by atoms with Crippen molar-refractivity contribution in [3.63, 3.8) is 0 Å². The number of piperidine rings is 1. The third kappa shape index (κ3) is 5.01. The van der Waals surface area contributed by atoms with Crippen LogP contribution in [-0.4, -0.2) is 71.2 Å². The molecule has 0 aliphatic carbocycles. The highest BCUT2D eigenvalue weighted by Gasteiger charge is 2.37. The van der Waals surface area contributed by atoms with E-state index in [2.05, 4.69) is 32.4 Å². The third-order valence-electron chi connectivity index (χ3n) is 8.33. The maximum Gasteiger partial charge on any atom is 0.407 e. The minimum absolute atomic E-state index is 0.0641. The highest BCUT2D eigenvalue weighted by Crippen LogP contribution is 2.36. The number of pyridine rings is 1. The van der Waals surface area contributed by atoms with Gasteiger partial charge in [-0.3, -0.25) is 4.98 Å². The van der Waals surface area contributed by atoms with Gasteiger partial charge in [-0.1, -0.05) is 19.9 Å². The van der Waals surface area contributed by atoms with E-state index in [-0.39, 0.29) is 29.2 Å². The van der Waals surface area contributed by atoms with Crippen LogP contribution in [0.1, 0.15) is 25.0 Å². The van der Waals surface area contributed by atoms with Gasteiger partial charge < -0.3 is 30.7 Å². The smallest absolute Gasteiger partial charge is 0.407 e. The second-order valence-corrected chi connectivity index (χ2v) is 11.6. The number of halogens is 1. The summed E-state index contributed by atoms with van der Waals surface area (Å²) in [5, 5.41) is 11.0. The number of aryl methyl sites for hydroxylation is 1. The first-order chi connectivity index (χ1) is 20.2. The van der Waals surface area contributed by atoms with E-state index < -0.39 is 6.09 Å². The van der Waals surface area contributed by atoms with E-state index in [1.165, 1.54) is 7.11 Å². The number of aromatic nitrogens is 4. The minimum Gasteiger partial charge on any atom is -0.453 e. The molecule has 4 N–H and O–H groups in total. The summed E-state index contributed by atoms with van der Waals surface area (Å²) in [6, 6.07) is 8.70. The molecule has 3 atom stereocenters. The number of fused-ring (bicyclic) bond motifs is 1. The Morgan fingerprint density at radius 1 is 1.21 bits per heavy atom. The molecule has 0 spiro atoms. The van der Waals surface area contributed by atoms with Crippen LogP contribution in [0.4, 0.5) is 26.5 Å². The van der Waals surface area contributed by atoms with Gasteiger partial charge in [-0.25, -0.2) is 14.2 Å². The van der Waals surface area contributed by atoms with Crippen LogP contribution in [0.15, 0.2) is 48.9 Å². The Labute approximate surface area is 243 Å². The average molecular weight is 575 g/mol. The van der Waals surface area contributed by atoms with Gasteiger partial charge in [0.1, 0.15) is 5.82 Å². The van der Waals surface area contributed by atoms with E-state index in [9.17, 15) is 4.79 Å². The standard InChI is InChI=1S/C30H35FN8O3/c1-17-9-19(30(3)15-42-16-30)10-21(31)26(17)23-6-5-20-11-34-28(39(20)37-23)35-24-12-33-8-7-25(24)38-13-18(2)27(22(32)14-38)36-29(40)41-4/h5-12,18,22,27H,13-16,32H2,1-4H3,(H,34,35)(H,36,40). The first-order valence-electron chi connectivity index (χ1n) is 14.0. The molecule has 6 rings (SSSR count). The van der Waals surface area contributed by atoms with Crippen molar-refractivity contribution in [3.05, 3.63) is 65.9 Å². The molecule has 1 aromatic carbocycles. The van der Waals surface area contributed by atoms with Crippen molar-refractivity contribution >= 4 is 28.9 Å². The molecule has 3 unspecified atom stereocenters. The van der Waals surface area contributed by atoms with Crippen molar-refractivity contribution in [2.45, 2.75) is 38.3 Å². The lowest BCUT2D eigenvalue weighted by Crippen LogP contribution is -2.62. The Bertz CT molecular complexity index is 1600. The van der Waals surface area contributed by atoms with Gasteiger partial charge in [0.25, 0.3) is 0 Å². The summed E-state index contributed by atoms with van der Waals surface area (Å²) in [7, 11) is 1.34. The predicted octanol–water partition coefficient (Wildman–Crippen LogP) is 3.78. The molecule has 2 saturated heterocycles. The number of benzene rings is 1. The SMILES string of the molecule is COC(=O)NC1C(C)CN(c2ccncc2Nc2ncc3ccc(-c4c(C)cc(C5(C)COC5)cc4F)nn23)CC1N. The number of methoxy groups -OCH3 is 1. The summed E-state index contributed by atoms with van der Waals surface area (Å²) >= 11 is 0. The quantitative estimate of drug-likeness (QED) is 0.315. The summed E-state index contributed by atoms with van der Waals surface area (Å²) in [6.45, 7) is 8.38. The average Bonchev–Trinajstić information content (AvgIpc) is 3.35. The molecule has 4 aromatic rings. The number of hydrogen-bond donors (Lipinski definition) is 3. The third-order valence-corrected chi connectivity index (χ3v) is 8.33. The highest BCUT2D eigenvalue weighted by atomic mass is 19.1. The van der Waals surface area contributed by atoms with Crippen LogP contribution in [0.5, 0.6) is 0 Å². The Balaban J connectivity index is 1.28. The maximum atomic E-state index is 15.5. The van der Waals surface area contributed by atoms with Crippen LogP contribution in [0, 0.1) is 18.7 Å². The molecule has 12 heteroatoms. The first-order valence-corrected chi connectivity index (χ1v) is 14.0. The van der Waals surface area contributed by atoms with Crippen LogP contribution in [-0.2, 0) is 14.9 Å².